The minimum Gasteiger partial charge on any atom is -0.0984 e. The van der Waals surface area contributed by atoms with Crippen LogP contribution >= 0.6 is 0 Å². The van der Waals surface area contributed by atoms with E-state index in [0.717, 1.165) is 0 Å². The third-order valence-corrected chi connectivity index (χ3v) is 4.39. The van der Waals surface area contributed by atoms with Crippen LogP contribution in [0.1, 0.15) is 33.4 Å². The van der Waals surface area contributed by atoms with E-state index in [2.05, 4.69) is 65.1 Å². The third-order valence-electron chi connectivity index (χ3n) is 4.39. The molecule has 0 nitrogen and oxygen atoms in total. The standard InChI is InChI=1S/C20H22/c1-7-17-11-9-10-12-19(17)20-16(6)14(4)13(3)15(5)18(20)8-2/h7-12H,1-2H2,3-6H3. The first-order chi connectivity index (χ1) is 9.52. The summed E-state index contributed by atoms with van der Waals surface area (Å²) >= 11 is 0. The predicted molar refractivity (Wildman–Crippen MR) is 91.0 cm³/mol. The number of hydrogen-bond acceptors (Lipinski definition) is 0. The lowest BCUT2D eigenvalue weighted by atomic mass is 9.84. The molecule has 0 aliphatic carbocycles. The summed E-state index contributed by atoms with van der Waals surface area (Å²) in [4.78, 5) is 0. The quantitative estimate of drug-likeness (QED) is 0.648. The van der Waals surface area contributed by atoms with Crippen molar-refractivity contribution in [1.29, 1.82) is 0 Å². The van der Waals surface area contributed by atoms with Crippen molar-refractivity contribution in [3.05, 3.63) is 70.8 Å². The first-order valence-corrected chi connectivity index (χ1v) is 6.97. The topological polar surface area (TPSA) is 0 Å². The van der Waals surface area contributed by atoms with Crippen molar-refractivity contribution >= 4 is 12.2 Å². The molecule has 0 spiro atoms. The molecule has 0 unspecified atom stereocenters. The summed E-state index contributed by atoms with van der Waals surface area (Å²) in [6.45, 7) is 16.7. The Bertz CT molecular complexity index is 688. The zero-order valence-corrected chi connectivity index (χ0v) is 12.9. The van der Waals surface area contributed by atoms with Crippen molar-refractivity contribution in [3.63, 3.8) is 0 Å². The second-order valence-electron chi connectivity index (χ2n) is 5.28. The molecule has 0 heteroatoms. The Hall–Kier alpha value is -2.08. The molecule has 0 saturated carbocycles. The second-order valence-corrected chi connectivity index (χ2v) is 5.28. The van der Waals surface area contributed by atoms with E-state index in [9.17, 15) is 0 Å². The van der Waals surface area contributed by atoms with Crippen LogP contribution in [0.3, 0.4) is 0 Å². The molecule has 0 radical (unpaired) electrons. The molecule has 0 aromatic heterocycles. The molecule has 0 atom stereocenters. The SMILES string of the molecule is C=Cc1ccccc1-c1c(C)c(C)c(C)c(C)c1C=C. The zero-order valence-electron chi connectivity index (χ0n) is 12.9. The highest BCUT2D eigenvalue weighted by Gasteiger charge is 2.15. The molecular weight excluding hydrogens is 240 g/mol. The summed E-state index contributed by atoms with van der Waals surface area (Å²) in [5, 5.41) is 0. The monoisotopic (exact) mass is 262 g/mol. The number of benzene rings is 2. The van der Waals surface area contributed by atoms with E-state index >= 15 is 0 Å². The highest BCUT2D eigenvalue weighted by atomic mass is 14.2. The second kappa shape index (κ2) is 5.50. The highest BCUT2D eigenvalue weighted by molar-refractivity contribution is 5.85. The number of rotatable bonds is 3. The summed E-state index contributed by atoms with van der Waals surface area (Å²) < 4.78 is 0. The van der Waals surface area contributed by atoms with Crippen molar-refractivity contribution in [1.82, 2.24) is 0 Å². The molecule has 0 N–H and O–H groups in total. The van der Waals surface area contributed by atoms with Crippen LogP contribution in [0.15, 0.2) is 37.4 Å². The van der Waals surface area contributed by atoms with Gasteiger partial charge in [0.1, 0.15) is 0 Å². The van der Waals surface area contributed by atoms with Crippen molar-refractivity contribution in [2.24, 2.45) is 0 Å². The van der Waals surface area contributed by atoms with Crippen LogP contribution in [0.25, 0.3) is 23.3 Å². The van der Waals surface area contributed by atoms with Gasteiger partial charge < -0.3 is 0 Å². The van der Waals surface area contributed by atoms with Gasteiger partial charge in [-0.25, -0.2) is 0 Å². The Morgan fingerprint density at radius 1 is 0.750 bits per heavy atom. The molecule has 0 amide bonds. The van der Waals surface area contributed by atoms with Gasteiger partial charge in [0.2, 0.25) is 0 Å². The Morgan fingerprint density at radius 3 is 1.95 bits per heavy atom. The fraction of sp³-hybridized carbons (Fsp3) is 0.200. The van der Waals surface area contributed by atoms with Crippen LogP contribution in [0.5, 0.6) is 0 Å². The van der Waals surface area contributed by atoms with Gasteiger partial charge in [0.15, 0.2) is 0 Å². The number of hydrogen-bond donors (Lipinski definition) is 0. The molecule has 20 heavy (non-hydrogen) atoms. The molecule has 2 aromatic rings. The molecule has 0 fully saturated rings. The minimum atomic E-state index is 1.17. The average Bonchev–Trinajstić information content (AvgIpc) is 2.48. The summed E-state index contributed by atoms with van der Waals surface area (Å²) in [7, 11) is 0. The largest absolute Gasteiger partial charge is 0.0984 e. The Kier molecular flexibility index (Phi) is 3.94. The first-order valence-electron chi connectivity index (χ1n) is 6.97. The van der Waals surface area contributed by atoms with E-state index in [1.807, 2.05) is 12.2 Å². The van der Waals surface area contributed by atoms with Crippen LogP contribution < -0.4 is 0 Å². The van der Waals surface area contributed by atoms with E-state index in [1.54, 1.807) is 0 Å². The van der Waals surface area contributed by atoms with Gasteiger partial charge in [0.05, 0.1) is 0 Å². The Morgan fingerprint density at radius 2 is 1.35 bits per heavy atom. The van der Waals surface area contributed by atoms with Crippen molar-refractivity contribution in [2.75, 3.05) is 0 Å². The fourth-order valence-electron chi connectivity index (χ4n) is 2.85. The molecule has 0 aliphatic rings. The molecule has 2 rings (SSSR count). The minimum absolute atomic E-state index is 1.17. The van der Waals surface area contributed by atoms with E-state index in [-0.39, 0.29) is 0 Å². The van der Waals surface area contributed by atoms with Gasteiger partial charge in [-0.1, -0.05) is 49.6 Å². The third kappa shape index (κ3) is 2.12. The van der Waals surface area contributed by atoms with Gasteiger partial charge in [0.25, 0.3) is 0 Å². The van der Waals surface area contributed by atoms with Gasteiger partial charge >= 0.3 is 0 Å². The molecular formula is C20H22. The molecule has 0 aliphatic heterocycles. The van der Waals surface area contributed by atoms with Crippen molar-refractivity contribution in [2.45, 2.75) is 27.7 Å². The molecule has 0 bridgehead atoms. The maximum atomic E-state index is 4.02. The predicted octanol–water partition coefficient (Wildman–Crippen LogP) is 5.87. The Balaban J connectivity index is 2.93. The molecule has 102 valence electrons. The van der Waals surface area contributed by atoms with Crippen molar-refractivity contribution < 1.29 is 0 Å². The van der Waals surface area contributed by atoms with Gasteiger partial charge in [-0.05, 0) is 72.2 Å². The maximum absolute atomic E-state index is 4.02. The molecule has 0 saturated heterocycles. The van der Waals surface area contributed by atoms with Crippen LogP contribution in [0.4, 0.5) is 0 Å². The van der Waals surface area contributed by atoms with Crippen LogP contribution in [0.2, 0.25) is 0 Å². The van der Waals surface area contributed by atoms with Crippen LogP contribution in [-0.2, 0) is 0 Å². The van der Waals surface area contributed by atoms with Gasteiger partial charge in [-0.15, -0.1) is 0 Å². The smallest absolute Gasteiger partial charge is 0.00708 e. The highest BCUT2D eigenvalue weighted by Crippen LogP contribution is 2.37. The maximum Gasteiger partial charge on any atom is -0.00708 e. The lowest BCUT2D eigenvalue weighted by Crippen LogP contribution is -2.00. The summed E-state index contributed by atoms with van der Waals surface area (Å²) in [6, 6.07) is 8.41. The average molecular weight is 262 g/mol. The summed E-state index contributed by atoms with van der Waals surface area (Å²) in [5.41, 5.74) is 10.3. The fourth-order valence-corrected chi connectivity index (χ4v) is 2.85. The summed E-state index contributed by atoms with van der Waals surface area (Å²) in [6.07, 6.45) is 3.90. The van der Waals surface area contributed by atoms with Crippen LogP contribution in [-0.4, -0.2) is 0 Å². The van der Waals surface area contributed by atoms with E-state index < -0.39 is 0 Å². The zero-order chi connectivity index (χ0) is 14.9. The lowest BCUT2D eigenvalue weighted by Gasteiger charge is -2.20. The van der Waals surface area contributed by atoms with Gasteiger partial charge in [-0.2, -0.15) is 0 Å². The van der Waals surface area contributed by atoms with Crippen LogP contribution in [0, 0.1) is 27.7 Å². The van der Waals surface area contributed by atoms with Crippen molar-refractivity contribution in [3.8, 4) is 11.1 Å². The summed E-state index contributed by atoms with van der Waals surface area (Å²) in [5.74, 6) is 0. The normalized spacial score (nSPS) is 10.4. The van der Waals surface area contributed by atoms with E-state index in [0.29, 0.717) is 0 Å². The van der Waals surface area contributed by atoms with Gasteiger partial charge in [-0.3, -0.25) is 0 Å². The lowest BCUT2D eigenvalue weighted by molar-refractivity contribution is 1.21. The molecule has 0 heterocycles. The van der Waals surface area contributed by atoms with Gasteiger partial charge in [0, 0.05) is 0 Å². The Labute approximate surface area is 122 Å². The molecule has 2 aromatic carbocycles. The first kappa shape index (κ1) is 14.3. The van der Waals surface area contributed by atoms with E-state index in [4.69, 9.17) is 0 Å². The van der Waals surface area contributed by atoms with E-state index in [1.165, 1.54) is 44.5 Å².